The second kappa shape index (κ2) is 6.81. The summed E-state index contributed by atoms with van der Waals surface area (Å²) < 4.78 is 11.2. The van der Waals surface area contributed by atoms with Crippen LogP contribution in [0.2, 0.25) is 0 Å². The lowest BCUT2D eigenvalue weighted by Gasteiger charge is -2.51. The Balaban J connectivity index is 1.38. The highest BCUT2D eigenvalue weighted by molar-refractivity contribution is 5.85. The SMILES string of the molecule is COC(=O)C12CCC(C(=O)NC3CCOC4(CCCCC4)C3)(CC1)CC2. The molecule has 0 aromatic rings. The largest absolute Gasteiger partial charge is 0.469 e. The van der Waals surface area contributed by atoms with Crippen LogP contribution < -0.4 is 5.32 Å². The molecular weight excluding hydrogens is 330 g/mol. The lowest BCUT2D eigenvalue weighted by atomic mass is 9.53. The summed E-state index contributed by atoms with van der Waals surface area (Å²) in [6, 6.07) is 0.248. The molecule has 1 amide bonds. The molecular formula is C21H33NO4. The van der Waals surface area contributed by atoms with Gasteiger partial charge in [0.1, 0.15) is 0 Å². The minimum atomic E-state index is -0.318. The molecule has 5 aliphatic rings. The van der Waals surface area contributed by atoms with E-state index in [-0.39, 0.29) is 34.3 Å². The van der Waals surface area contributed by atoms with Crippen LogP contribution in [0.3, 0.4) is 0 Å². The number of esters is 1. The molecule has 1 aliphatic heterocycles. The Morgan fingerprint density at radius 1 is 0.923 bits per heavy atom. The summed E-state index contributed by atoms with van der Waals surface area (Å²) in [6.45, 7) is 0.767. The van der Waals surface area contributed by atoms with Crippen LogP contribution in [0.1, 0.15) is 83.5 Å². The number of hydrogen-bond acceptors (Lipinski definition) is 4. The van der Waals surface area contributed by atoms with Crippen molar-refractivity contribution in [1.29, 1.82) is 0 Å². The molecule has 2 bridgehead atoms. The number of rotatable bonds is 3. The van der Waals surface area contributed by atoms with Gasteiger partial charge >= 0.3 is 5.97 Å². The van der Waals surface area contributed by atoms with Crippen LogP contribution in [-0.2, 0) is 19.1 Å². The summed E-state index contributed by atoms with van der Waals surface area (Å²) in [5.41, 5.74) is -0.555. The Morgan fingerprint density at radius 2 is 1.54 bits per heavy atom. The first-order chi connectivity index (χ1) is 12.5. The Morgan fingerprint density at radius 3 is 2.15 bits per heavy atom. The molecule has 26 heavy (non-hydrogen) atoms. The summed E-state index contributed by atoms with van der Waals surface area (Å²) >= 11 is 0. The molecule has 0 aromatic heterocycles. The van der Waals surface area contributed by atoms with Crippen LogP contribution in [0, 0.1) is 10.8 Å². The van der Waals surface area contributed by atoms with Crippen molar-refractivity contribution in [2.24, 2.45) is 10.8 Å². The fraction of sp³-hybridized carbons (Fsp3) is 0.905. The smallest absolute Gasteiger partial charge is 0.311 e. The minimum Gasteiger partial charge on any atom is -0.469 e. The molecule has 1 heterocycles. The first-order valence-electron chi connectivity index (χ1n) is 10.6. The molecule has 0 aromatic carbocycles. The lowest BCUT2D eigenvalue weighted by molar-refractivity contribution is -0.167. The van der Waals surface area contributed by atoms with Crippen molar-refractivity contribution < 1.29 is 19.1 Å². The number of hydrogen-bond donors (Lipinski definition) is 1. The highest BCUT2D eigenvalue weighted by atomic mass is 16.5. The van der Waals surface area contributed by atoms with E-state index in [2.05, 4.69) is 5.32 Å². The molecule has 1 unspecified atom stereocenters. The van der Waals surface area contributed by atoms with E-state index in [0.717, 1.165) is 70.8 Å². The second-order valence-corrected chi connectivity index (χ2v) is 9.31. The standard InChI is InChI=1S/C21H33NO4/c1-25-18(24)20-11-8-19(9-12-20,10-13-20)17(23)22-16-5-14-26-21(15-16)6-3-2-4-7-21/h16H,2-15H2,1H3,(H,22,23). The number of carbonyl (C=O) groups is 2. The Bertz CT molecular complexity index is 536. The van der Waals surface area contributed by atoms with Gasteiger partial charge in [-0.3, -0.25) is 9.59 Å². The van der Waals surface area contributed by atoms with Gasteiger partial charge in [0.25, 0.3) is 0 Å². The molecule has 5 rings (SSSR count). The van der Waals surface area contributed by atoms with Crippen LogP contribution in [0.4, 0.5) is 0 Å². The van der Waals surface area contributed by atoms with Crippen LogP contribution in [-0.4, -0.2) is 37.2 Å². The van der Waals surface area contributed by atoms with Gasteiger partial charge < -0.3 is 14.8 Å². The number of nitrogens with one attached hydrogen (secondary N) is 1. The number of ether oxygens (including phenoxy) is 2. The summed E-state index contributed by atoms with van der Waals surface area (Å²) in [5, 5.41) is 3.40. The predicted octanol–water partition coefficient (Wildman–Crippen LogP) is 3.50. The molecule has 146 valence electrons. The number of methoxy groups -OCH3 is 1. The van der Waals surface area contributed by atoms with E-state index in [1.165, 1.54) is 26.4 Å². The van der Waals surface area contributed by atoms with Gasteiger partial charge in [-0.25, -0.2) is 0 Å². The summed E-state index contributed by atoms with van der Waals surface area (Å²) in [5.74, 6) is 0.156. The first-order valence-corrected chi connectivity index (χ1v) is 10.6. The predicted molar refractivity (Wildman–Crippen MR) is 97.5 cm³/mol. The molecule has 0 radical (unpaired) electrons. The first kappa shape index (κ1) is 18.3. The van der Waals surface area contributed by atoms with Gasteiger partial charge in [0, 0.05) is 18.1 Å². The highest BCUT2D eigenvalue weighted by Gasteiger charge is 2.56. The van der Waals surface area contributed by atoms with Gasteiger partial charge in [-0.1, -0.05) is 19.3 Å². The monoisotopic (exact) mass is 363 g/mol. The third-order valence-corrected chi connectivity index (χ3v) is 7.94. The molecule has 4 saturated carbocycles. The molecule has 1 spiro atoms. The van der Waals surface area contributed by atoms with E-state index in [4.69, 9.17) is 9.47 Å². The molecule has 5 fully saturated rings. The number of amides is 1. The van der Waals surface area contributed by atoms with Crippen LogP contribution in [0.15, 0.2) is 0 Å². The van der Waals surface area contributed by atoms with Crippen LogP contribution >= 0.6 is 0 Å². The maximum Gasteiger partial charge on any atom is 0.311 e. The molecule has 4 aliphatic carbocycles. The summed E-state index contributed by atoms with van der Waals surface area (Å²) in [6.07, 6.45) is 12.9. The van der Waals surface area contributed by atoms with Crippen molar-refractivity contribution in [3.63, 3.8) is 0 Å². The maximum absolute atomic E-state index is 13.2. The third-order valence-electron chi connectivity index (χ3n) is 7.94. The highest BCUT2D eigenvalue weighted by Crippen LogP contribution is 2.57. The Kier molecular flexibility index (Phi) is 4.79. The van der Waals surface area contributed by atoms with Crippen molar-refractivity contribution in [3.05, 3.63) is 0 Å². The van der Waals surface area contributed by atoms with Crippen molar-refractivity contribution in [2.75, 3.05) is 13.7 Å². The van der Waals surface area contributed by atoms with E-state index in [9.17, 15) is 9.59 Å². The zero-order chi connectivity index (χ0) is 18.3. The van der Waals surface area contributed by atoms with Gasteiger partial charge in [-0.2, -0.15) is 0 Å². The van der Waals surface area contributed by atoms with Crippen molar-refractivity contribution in [2.45, 2.75) is 95.1 Å². The van der Waals surface area contributed by atoms with Crippen molar-refractivity contribution in [1.82, 2.24) is 5.32 Å². The van der Waals surface area contributed by atoms with E-state index >= 15 is 0 Å². The zero-order valence-corrected chi connectivity index (χ0v) is 16.1. The van der Waals surface area contributed by atoms with Gasteiger partial charge in [0.05, 0.1) is 18.1 Å². The normalized spacial score (nSPS) is 38.7. The van der Waals surface area contributed by atoms with Gasteiger partial charge in [0.2, 0.25) is 5.91 Å². The fourth-order valence-corrected chi connectivity index (χ4v) is 6.08. The van der Waals surface area contributed by atoms with Crippen LogP contribution in [0.25, 0.3) is 0 Å². The molecule has 1 saturated heterocycles. The van der Waals surface area contributed by atoms with E-state index < -0.39 is 0 Å². The van der Waals surface area contributed by atoms with Gasteiger partial charge in [-0.05, 0) is 64.2 Å². The van der Waals surface area contributed by atoms with E-state index in [0.29, 0.717) is 0 Å². The molecule has 1 N–H and O–H groups in total. The van der Waals surface area contributed by atoms with E-state index in [1.807, 2.05) is 0 Å². The van der Waals surface area contributed by atoms with Gasteiger partial charge in [0.15, 0.2) is 0 Å². The molecule has 1 atom stereocenters. The second-order valence-electron chi connectivity index (χ2n) is 9.31. The maximum atomic E-state index is 13.2. The topological polar surface area (TPSA) is 64.6 Å². The fourth-order valence-electron chi connectivity index (χ4n) is 6.08. The number of carbonyl (C=O) groups excluding carboxylic acids is 2. The Labute approximate surface area is 156 Å². The number of fused-ring (bicyclic) bond motifs is 3. The zero-order valence-electron chi connectivity index (χ0n) is 16.1. The van der Waals surface area contributed by atoms with Crippen molar-refractivity contribution in [3.8, 4) is 0 Å². The average Bonchev–Trinajstić information content (AvgIpc) is 2.69. The van der Waals surface area contributed by atoms with Crippen molar-refractivity contribution >= 4 is 11.9 Å². The Hall–Kier alpha value is -1.10. The third kappa shape index (κ3) is 3.06. The van der Waals surface area contributed by atoms with Crippen LogP contribution in [0.5, 0.6) is 0 Å². The van der Waals surface area contributed by atoms with Gasteiger partial charge in [-0.15, -0.1) is 0 Å². The minimum absolute atomic E-state index is 0.0191. The van der Waals surface area contributed by atoms with E-state index in [1.54, 1.807) is 0 Å². The average molecular weight is 363 g/mol. The molecule has 5 nitrogen and oxygen atoms in total. The summed E-state index contributed by atoms with van der Waals surface area (Å²) in [4.78, 5) is 25.4. The summed E-state index contributed by atoms with van der Waals surface area (Å²) in [7, 11) is 1.48. The lowest BCUT2D eigenvalue weighted by Crippen LogP contribution is -2.56. The quantitative estimate of drug-likeness (QED) is 0.780. The molecule has 5 heteroatoms.